The second-order valence-electron chi connectivity index (χ2n) is 8.01. The molecular formula is C26H25NO2. The van der Waals surface area contributed by atoms with Gasteiger partial charge >= 0.3 is 0 Å². The Kier molecular flexibility index (Phi) is 4.51. The number of benzene rings is 3. The van der Waals surface area contributed by atoms with Gasteiger partial charge in [0.2, 0.25) is 0 Å². The number of phenolic OH excluding ortho intramolecular Hbond substituents is 1. The van der Waals surface area contributed by atoms with Crippen LogP contribution >= 0.6 is 0 Å². The maximum absolute atomic E-state index is 10.5. The predicted molar refractivity (Wildman–Crippen MR) is 116 cm³/mol. The normalized spacial score (nSPS) is 21.9. The Hall–Kier alpha value is -3.20. The molecule has 29 heavy (non-hydrogen) atoms. The van der Waals surface area contributed by atoms with E-state index in [1.54, 1.807) is 6.07 Å². The van der Waals surface area contributed by atoms with Gasteiger partial charge in [-0.25, -0.2) is 0 Å². The molecule has 3 unspecified atom stereocenters. The lowest BCUT2D eigenvalue weighted by Gasteiger charge is -2.38. The Morgan fingerprint density at radius 2 is 1.79 bits per heavy atom. The van der Waals surface area contributed by atoms with Gasteiger partial charge in [0.1, 0.15) is 18.1 Å². The minimum Gasteiger partial charge on any atom is -0.506 e. The highest BCUT2D eigenvalue weighted by atomic mass is 16.5. The van der Waals surface area contributed by atoms with Gasteiger partial charge < -0.3 is 15.2 Å². The minimum atomic E-state index is 0.165. The molecule has 0 fully saturated rings. The molecule has 3 atom stereocenters. The summed E-state index contributed by atoms with van der Waals surface area (Å²) in [6, 6.07) is 22.5. The predicted octanol–water partition coefficient (Wildman–Crippen LogP) is 6.11. The summed E-state index contributed by atoms with van der Waals surface area (Å²) in [6.45, 7) is 2.69. The average molecular weight is 383 g/mol. The molecule has 2 N–H and O–H groups in total. The van der Waals surface area contributed by atoms with Crippen molar-refractivity contribution in [2.24, 2.45) is 5.92 Å². The molecule has 0 amide bonds. The molecule has 0 saturated heterocycles. The number of hydrogen-bond donors (Lipinski definition) is 2. The van der Waals surface area contributed by atoms with E-state index in [4.69, 9.17) is 4.74 Å². The highest BCUT2D eigenvalue weighted by Gasteiger charge is 2.39. The first-order chi connectivity index (χ1) is 14.2. The number of ether oxygens (including phenoxy) is 1. The summed E-state index contributed by atoms with van der Waals surface area (Å²) in [6.07, 6.45) is 5.63. The highest BCUT2D eigenvalue weighted by Crippen LogP contribution is 2.53. The summed E-state index contributed by atoms with van der Waals surface area (Å²) < 4.78 is 5.94. The molecule has 0 aromatic heterocycles. The molecule has 3 aromatic carbocycles. The van der Waals surface area contributed by atoms with Crippen LogP contribution in [0, 0.1) is 12.8 Å². The monoisotopic (exact) mass is 383 g/mol. The molecule has 3 nitrogen and oxygen atoms in total. The van der Waals surface area contributed by atoms with Crippen LogP contribution in [0.2, 0.25) is 0 Å². The fraction of sp³-hybridized carbons (Fsp3) is 0.231. The van der Waals surface area contributed by atoms with Crippen LogP contribution < -0.4 is 10.1 Å². The number of aromatic hydroxyl groups is 1. The first kappa shape index (κ1) is 17.9. The molecule has 1 aliphatic carbocycles. The summed E-state index contributed by atoms with van der Waals surface area (Å²) in [4.78, 5) is 0. The van der Waals surface area contributed by atoms with Gasteiger partial charge in [-0.1, -0.05) is 60.7 Å². The lowest BCUT2D eigenvalue weighted by Crippen LogP contribution is -2.29. The van der Waals surface area contributed by atoms with Gasteiger partial charge in [-0.15, -0.1) is 0 Å². The summed E-state index contributed by atoms with van der Waals surface area (Å²) in [5.41, 5.74) is 5.74. The van der Waals surface area contributed by atoms with Gasteiger partial charge in [-0.05, 0) is 59.7 Å². The van der Waals surface area contributed by atoms with Gasteiger partial charge in [0.15, 0.2) is 0 Å². The van der Waals surface area contributed by atoms with Gasteiger partial charge in [-0.3, -0.25) is 0 Å². The van der Waals surface area contributed by atoms with Crippen LogP contribution in [0.4, 0.5) is 5.69 Å². The first-order valence-corrected chi connectivity index (χ1v) is 10.2. The summed E-state index contributed by atoms with van der Waals surface area (Å²) in [5.74, 6) is 2.00. The zero-order chi connectivity index (χ0) is 19.8. The molecule has 0 radical (unpaired) electrons. The second kappa shape index (κ2) is 7.32. The van der Waals surface area contributed by atoms with E-state index in [9.17, 15) is 5.11 Å². The third-order valence-corrected chi connectivity index (χ3v) is 6.20. The van der Waals surface area contributed by atoms with Gasteiger partial charge in [0.05, 0.1) is 11.7 Å². The number of aryl methyl sites for hydroxylation is 1. The van der Waals surface area contributed by atoms with Crippen molar-refractivity contribution < 1.29 is 9.84 Å². The number of hydrogen-bond acceptors (Lipinski definition) is 3. The van der Waals surface area contributed by atoms with Crippen molar-refractivity contribution in [2.75, 3.05) is 5.32 Å². The van der Waals surface area contributed by atoms with Crippen molar-refractivity contribution in [3.05, 3.63) is 101 Å². The minimum absolute atomic E-state index is 0.165. The molecular weight excluding hydrogens is 358 g/mol. The largest absolute Gasteiger partial charge is 0.506 e. The number of phenols is 1. The van der Waals surface area contributed by atoms with E-state index in [2.05, 4.69) is 48.7 Å². The van der Waals surface area contributed by atoms with Crippen molar-refractivity contribution >= 4 is 5.69 Å². The van der Waals surface area contributed by atoms with E-state index in [0.717, 1.165) is 23.4 Å². The molecule has 5 rings (SSSR count). The van der Waals surface area contributed by atoms with Crippen LogP contribution in [0.5, 0.6) is 11.5 Å². The number of rotatable bonds is 4. The quantitative estimate of drug-likeness (QED) is 0.422. The standard InChI is InChI=1S/C26H25NO2/c1-17-10-15-23(28)26-24(17)21-8-5-9-22(21)25(27-26)19-11-13-20(14-12-19)29-16-18-6-3-2-4-7-18/h2-8,10-15,21-22,25,27-28H,9,16H2,1H3. The van der Waals surface area contributed by atoms with E-state index in [0.29, 0.717) is 24.2 Å². The molecule has 3 aromatic rings. The van der Waals surface area contributed by atoms with Crippen LogP contribution in [0.25, 0.3) is 0 Å². The van der Waals surface area contributed by atoms with E-state index >= 15 is 0 Å². The Morgan fingerprint density at radius 1 is 1.00 bits per heavy atom. The van der Waals surface area contributed by atoms with Gasteiger partial charge in [0, 0.05) is 5.92 Å². The first-order valence-electron chi connectivity index (χ1n) is 10.2. The topological polar surface area (TPSA) is 41.5 Å². The zero-order valence-corrected chi connectivity index (χ0v) is 16.5. The SMILES string of the molecule is Cc1ccc(O)c2c1C1C=CCC1C(c1ccc(OCc3ccccc3)cc1)N2. The van der Waals surface area contributed by atoms with Crippen LogP contribution in [0.15, 0.2) is 78.9 Å². The summed E-state index contributed by atoms with van der Waals surface area (Å²) in [7, 11) is 0. The molecule has 146 valence electrons. The maximum Gasteiger partial charge on any atom is 0.139 e. The maximum atomic E-state index is 10.5. The van der Waals surface area contributed by atoms with E-state index in [-0.39, 0.29) is 6.04 Å². The van der Waals surface area contributed by atoms with Gasteiger partial charge in [-0.2, -0.15) is 0 Å². The number of nitrogens with one attached hydrogen (secondary N) is 1. The molecule has 0 saturated carbocycles. The van der Waals surface area contributed by atoms with E-state index in [1.807, 2.05) is 36.4 Å². The molecule has 0 spiro atoms. The fourth-order valence-electron chi connectivity index (χ4n) is 4.72. The molecule has 1 aliphatic heterocycles. The van der Waals surface area contributed by atoms with Gasteiger partial charge in [0.25, 0.3) is 0 Å². The third kappa shape index (κ3) is 3.27. The van der Waals surface area contributed by atoms with Crippen molar-refractivity contribution in [2.45, 2.75) is 31.9 Å². The lowest BCUT2D eigenvalue weighted by molar-refractivity contribution is 0.306. The van der Waals surface area contributed by atoms with Crippen LogP contribution in [0.1, 0.15) is 40.6 Å². The fourth-order valence-corrected chi connectivity index (χ4v) is 4.72. The summed E-state index contributed by atoms with van der Waals surface area (Å²) >= 11 is 0. The van der Waals surface area contributed by atoms with E-state index < -0.39 is 0 Å². The average Bonchev–Trinajstić information content (AvgIpc) is 3.25. The Morgan fingerprint density at radius 3 is 2.59 bits per heavy atom. The third-order valence-electron chi connectivity index (χ3n) is 6.20. The Bertz CT molecular complexity index is 1040. The lowest BCUT2D eigenvalue weighted by atomic mass is 9.75. The molecule has 3 heteroatoms. The Balaban J connectivity index is 1.39. The van der Waals surface area contributed by atoms with Crippen molar-refractivity contribution in [3.63, 3.8) is 0 Å². The zero-order valence-electron chi connectivity index (χ0n) is 16.5. The van der Waals surface area contributed by atoms with Crippen LogP contribution in [-0.4, -0.2) is 5.11 Å². The van der Waals surface area contributed by atoms with Crippen molar-refractivity contribution in [3.8, 4) is 11.5 Å². The molecule has 1 heterocycles. The second-order valence-corrected chi connectivity index (χ2v) is 8.01. The van der Waals surface area contributed by atoms with Crippen LogP contribution in [0.3, 0.4) is 0 Å². The molecule has 2 aliphatic rings. The summed E-state index contributed by atoms with van der Waals surface area (Å²) in [5, 5.41) is 14.1. The van der Waals surface area contributed by atoms with Crippen LogP contribution in [-0.2, 0) is 6.61 Å². The highest BCUT2D eigenvalue weighted by molar-refractivity contribution is 5.69. The number of anilines is 1. The number of allylic oxidation sites excluding steroid dienone is 2. The number of fused-ring (bicyclic) bond motifs is 3. The van der Waals surface area contributed by atoms with E-state index in [1.165, 1.54) is 16.7 Å². The van der Waals surface area contributed by atoms with Crippen molar-refractivity contribution in [1.82, 2.24) is 0 Å². The Labute approximate surface area is 171 Å². The smallest absolute Gasteiger partial charge is 0.139 e. The molecule has 0 bridgehead atoms. The van der Waals surface area contributed by atoms with Crippen molar-refractivity contribution in [1.29, 1.82) is 0 Å².